The third kappa shape index (κ3) is 6.06. The molecule has 0 bridgehead atoms. The number of hydrogen-bond acceptors (Lipinski definition) is 6. The van der Waals surface area contributed by atoms with Gasteiger partial charge in [-0.1, -0.05) is 23.7 Å². The summed E-state index contributed by atoms with van der Waals surface area (Å²) in [7, 11) is 3.53. The summed E-state index contributed by atoms with van der Waals surface area (Å²) in [6.07, 6.45) is 3.52. The number of carbonyl (C=O) groups excluding carboxylic acids is 2. The molecular weight excluding hydrogens is 532 g/mol. The molecule has 10 heteroatoms. The number of nitrogens with zero attached hydrogens (tertiary/aromatic N) is 6. The topological polar surface area (TPSA) is 74.6 Å². The van der Waals surface area contributed by atoms with Crippen molar-refractivity contribution in [1.29, 1.82) is 0 Å². The minimum atomic E-state index is 0.00164. The third-order valence-electron chi connectivity index (χ3n) is 7.04. The molecule has 202 valence electrons. The SMILES string of the molecule is Cc1c(C(=O)N2CCN(CC(=O)N(C)C)CC2)cc(-c2csc(-c3ccncc3)n2)n1Cc1cccc(Cl)c1. The number of hydrogen-bond donors (Lipinski definition) is 0. The molecule has 0 spiro atoms. The summed E-state index contributed by atoms with van der Waals surface area (Å²) in [5.74, 6) is 0.0736. The fourth-order valence-corrected chi connectivity index (χ4v) is 5.76. The summed E-state index contributed by atoms with van der Waals surface area (Å²) in [5, 5.41) is 3.61. The first-order chi connectivity index (χ1) is 18.8. The lowest BCUT2D eigenvalue weighted by atomic mass is 10.2. The van der Waals surface area contributed by atoms with Crippen molar-refractivity contribution in [2.45, 2.75) is 13.5 Å². The molecule has 5 rings (SSSR count). The quantitative estimate of drug-likeness (QED) is 0.331. The molecule has 0 atom stereocenters. The molecule has 2 amide bonds. The second-order valence-corrected chi connectivity index (χ2v) is 11.2. The van der Waals surface area contributed by atoms with E-state index >= 15 is 0 Å². The molecule has 1 aliphatic rings. The second kappa shape index (κ2) is 11.7. The molecule has 1 aromatic carbocycles. The Morgan fingerprint density at radius 3 is 2.49 bits per heavy atom. The van der Waals surface area contributed by atoms with Gasteiger partial charge >= 0.3 is 0 Å². The molecular formula is C29H31ClN6O2S. The smallest absolute Gasteiger partial charge is 0.255 e. The van der Waals surface area contributed by atoms with Gasteiger partial charge in [0, 0.05) is 80.9 Å². The van der Waals surface area contributed by atoms with Gasteiger partial charge in [0.25, 0.3) is 5.91 Å². The maximum Gasteiger partial charge on any atom is 0.255 e. The Balaban J connectivity index is 1.43. The van der Waals surface area contributed by atoms with Gasteiger partial charge in [-0.2, -0.15) is 0 Å². The Morgan fingerprint density at radius 2 is 1.79 bits per heavy atom. The Kier molecular flexibility index (Phi) is 8.11. The number of amides is 2. The first-order valence-corrected chi connectivity index (χ1v) is 14.1. The second-order valence-electron chi connectivity index (χ2n) is 9.88. The van der Waals surface area contributed by atoms with E-state index in [0.29, 0.717) is 49.9 Å². The zero-order valence-electron chi connectivity index (χ0n) is 22.3. The van der Waals surface area contributed by atoms with Gasteiger partial charge in [0.2, 0.25) is 5.91 Å². The van der Waals surface area contributed by atoms with Crippen molar-refractivity contribution in [2.75, 3.05) is 46.8 Å². The molecule has 3 aromatic heterocycles. The van der Waals surface area contributed by atoms with Crippen molar-refractivity contribution >= 4 is 34.8 Å². The van der Waals surface area contributed by atoms with Crippen molar-refractivity contribution < 1.29 is 9.59 Å². The molecule has 4 heterocycles. The lowest BCUT2D eigenvalue weighted by Gasteiger charge is -2.34. The molecule has 39 heavy (non-hydrogen) atoms. The Morgan fingerprint density at radius 1 is 1.05 bits per heavy atom. The van der Waals surface area contributed by atoms with Gasteiger partial charge in [-0.3, -0.25) is 19.5 Å². The van der Waals surface area contributed by atoms with Crippen LogP contribution in [0.2, 0.25) is 5.02 Å². The van der Waals surface area contributed by atoms with Crippen LogP contribution in [-0.2, 0) is 11.3 Å². The maximum atomic E-state index is 13.8. The van der Waals surface area contributed by atoms with E-state index in [4.69, 9.17) is 16.6 Å². The number of aromatic nitrogens is 3. The van der Waals surface area contributed by atoms with Gasteiger partial charge in [0.15, 0.2) is 0 Å². The van der Waals surface area contributed by atoms with Crippen molar-refractivity contribution in [2.24, 2.45) is 0 Å². The van der Waals surface area contributed by atoms with E-state index in [1.54, 1.807) is 42.7 Å². The monoisotopic (exact) mass is 562 g/mol. The van der Waals surface area contributed by atoms with E-state index in [-0.39, 0.29) is 11.8 Å². The van der Waals surface area contributed by atoms with Crippen LogP contribution in [0.4, 0.5) is 0 Å². The summed E-state index contributed by atoms with van der Waals surface area (Å²) < 4.78 is 2.15. The minimum Gasteiger partial charge on any atom is -0.348 e. The van der Waals surface area contributed by atoms with Crippen LogP contribution in [0.5, 0.6) is 0 Å². The Hall–Kier alpha value is -3.53. The molecule has 0 aliphatic carbocycles. The standard InChI is InChI=1S/C29H31ClN6O2S/c1-20-24(29(38)35-13-11-34(12-14-35)18-27(37)33(2)3)16-26(36(20)17-21-5-4-6-23(30)15-21)25-19-39-28(32-25)22-7-9-31-10-8-22/h4-10,15-16,19H,11-14,17-18H2,1-3H3. The maximum absolute atomic E-state index is 13.8. The molecule has 1 aliphatic heterocycles. The van der Waals surface area contributed by atoms with Gasteiger partial charge in [-0.25, -0.2) is 4.98 Å². The van der Waals surface area contributed by atoms with Gasteiger partial charge in [-0.15, -0.1) is 11.3 Å². The summed E-state index contributed by atoms with van der Waals surface area (Å²) in [6.45, 7) is 5.43. The highest BCUT2D eigenvalue weighted by Crippen LogP contribution is 2.32. The Bertz CT molecular complexity index is 1470. The highest BCUT2D eigenvalue weighted by Gasteiger charge is 2.27. The molecule has 8 nitrogen and oxygen atoms in total. The van der Waals surface area contributed by atoms with Crippen molar-refractivity contribution in [3.8, 4) is 22.0 Å². The van der Waals surface area contributed by atoms with E-state index in [9.17, 15) is 9.59 Å². The fourth-order valence-electron chi connectivity index (χ4n) is 4.73. The molecule has 0 saturated carbocycles. The number of likely N-dealkylation sites (N-methyl/N-ethyl adjacent to an activating group) is 1. The van der Waals surface area contributed by atoms with Gasteiger partial charge in [0.1, 0.15) is 5.01 Å². The highest BCUT2D eigenvalue weighted by atomic mass is 35.5. The van der Waals surface area contributed by atoms with E-state index in [2.05, 4.69) is 14.5 Å². The number of pyridine rings is 1. The van der Waals surface area contributed by atoms with Crippen LogP contribution in [0.3, 0.4) is 0 Å². The van der Waals surface area contributed by atoms with Crippen LogP contribution < -0.4 is 0 Å². The fraction of sp³-hybridized carbons (Fsp3) is 0.310. The van der Waals surface area contributed by atoms with Crippen LogP contribution in [0.15, 0.2) is 60.2 Å². The summed E-state index contributed by atoms with van der Waals surface area (Å²) in [6, 6.07) is 13.6. The average molecular weight is 563 g/mol. The molecule has 1 fully saturated rings. The molecule has 0 radical (unpaired) electrons. The average Bonchev–Trinajstić information content (AvgIpc) is 3.54. The number of thiazole rings is 1. The predicted molar refractivity (Wildman–Crippen MR) is 155 cm³/mol. The van der Waals surface area contributed by atoms with Gasteiger partial charge in [-0.05, 0) is 42.8 Å². The van der Waals surface area contributed by atoms with E-state index in [0.717, 1.165) is 33.2 Å². The van der Waals surface area contributed by atoms with Crippen LogP contribution in [0, 0.1) is 6.92 Å². The van der Waals surface area contributed by atoms with Gasteiger partial charge < -0.3 is 14.4 Å². The number of halogens is 1. The minimum absolute atomic E-state index is 0.00164. The van der Waals surface area contributed by atoms with Crippen LogP contribution >= 0.6 is 22.9 Å². The molecule has 1 saturated heterocycles. The van der Waals surface area contributed by atoms with Crippen molar-refractivity contribution in [3.63, 3.8) is 0 Å². The van der Waals surface area contributed by atoms with Crippen molar-refractivity contribution in [3.05, 3.63) is 82.1 Å². The lowest BCUT2D eigenvalue weighted by Crippen LogP contribution is -2.51. The van der Waals surface area contributed by atoms with E-state index in [1.807, 2.05) is 59.7 Å². The first-order valence-electron chi connectivity index (χ1n) is 12.8. The number of benzene rings is 1. The number of carbonyl (C=O) groups is 2. The van der Waals surface area contributed by atoms with Crippen LogP contribution in [0.1, 0.15) is 21.6 Å². The van der Waals surface area contributed by atoms with Crippen molar-refractivity contribution in [1.82, 2.24) is 29.2 Å². The third-order valence-corrected chi connectivity index (χ3v) is 8.16. The zero-order chi connectivity index (χ0) is 27.5. The number of rotatable bonds is 7. The largest absolute Gasteiger partial charge is 0.348 e. The summed E-state index contributed by atoms with van der Waals surface area (Å²) in [5.41, 5.74) is 5.32. The van der Waals surface area contributed by atoms with Crippen LogP contribution in [-0.4, -0.2) is 87.9 Å². The zero-order valence-corrected chi connectivity index (χ0v) is 23.9. The molecule has 4 aromatic rings. The van der Waals surface area contributed by atoms with E-state index in [1.165, 1.54) is 0 Å². The van der Waals surface area contributed by atoms with E-state index < -0.39 is 0 Å². The predicted octanol–water partition coefficient (Wildman–Crippen LogP) is 4.53. The first kappa shape index (κ1) is 27.1. The van der Waals surface area contributed by atoms with Gasteiger partial charge in [0.05, 0.1) is 23.5 Å². The molecule has 0 unspecified atom stereocenters. The number of piperazine rings is 1. The summed E-state index contributed by atoms with van der Waals surface area (Å²) in [4.78, 5) is 40.5. The summed E-state index contributed by atoms with van der Waals surface area (Å²) >= 11 is 7.85. The lowest BCUT2D eigenvalue weighted by molar-refractivity contribution is -0.130. The normalized spacial score (nSPS) is 14.0. The molecule has 0 N–H and O–H groups in total. The Labute approximate surface area is 237 Å². The van der Waals surface area contributed by atoms with Crippen LogP contribution in [0.25, 0.3) is 22.0 Å². The highest BCUT2D eigenvalue weighted by molar-refractivity contribution is 7.13.